The summed E-state index contributed by atoms with van der Waals surface area (Å²) in [7, 11) is 0. The van der Waals surface area contributed by atoms with Gasteiger partial charge in [0.1, 0.15) is 0 Å². The second-order valence-corrected chi connectivity index (χ2v) is 4.93. The van der Waals surface area contributed by atoms with E-state index in [4.69, 9.17) is 0 Å². The zero-order chi connectivity index (χ0) is 11.8. The van der Waals surface area contributed by atoms with Gasteiger partial charge in [-0.3, -0.25) is 4.79 Å². The number of carbonyl (C=O) groups is 1. The Hall–Kier alpha value is -0.870. The van der Waals surface area contributed by atoms with Gasteiger partial charge in [-0.15, -0.1) is 11.3 Å². The summed E-state index contributed by atoms with van der Waals surface area (Å²) in [4.78, 5) is 14.0. The standard InChI is InChI=1S/C12H20N2OS/c1-3-7-13-9-12(15)14-8-11-6-5-10(4-2)16-11/h5-6,13H,3-4,7-9H2,1-2H3,(H,14,15). The molecule has 0 saturated carbocycles. The molecule has 0 saturated heterocycles. The lowest BCUT2D eigenvalue weighted by Gasteiger charge is -2.04. The van der Waals surface area contributed by atoms with Crippen molar-refractivity contribution in [1.82, 2.24) is 10.6 Å². The van der Waals surface area contributed by atoms with Crippen LogP contribution in [0.25, 0.3) is 0 Å². The van der Waals surface area contributed by atoms with Crippen molar-refractivity contribution in [2.24, 2.45) is 0 Å². The lowest BCUT2D eigenvalue weighted by atomic mass is 10.3. The van der Waals surface area contributed by atoms with E-state index in [-0.39, 0.29) is 5.91 Å². The zero-order valence-corrected chi connectivity index (χ0v) is 10.8. The molecule has 1 aromatic rings. The van der Waals surface area contributed by atoms with E-state index in [9.17, 15) is 4.79 Å². The fraction of sp³-hybridized carbons (Fsp3) is 0.583. The maximum Gasteiger partial charge on any atom is 0.234 e. The van der Waals surface area contributed by atoms with Gasteiger partial charge in [-0.05, 0) is 31.5 Å². The third-order valence-corrected chi connectivity index (χ3v) is 3.47. The number of nitrogens with one attached hydrogen (secondary N) is 2. The molecule has 90 valence electrons. The van der Waals surface area contributed by atoms with Crippen LogP contribution in [-0.2, 0) is 17.8 Å². The van der Waals surface area contributed by atoms with E-state index >= 15 is 0 Å². The molecule has 0 radical (unpaired) electrons. The van der Waals surface area contributed by atoms with Gasteiger partial charge in [-0.1, -0.05) is 13.8 Å². The van der Waals surface area contributed by atoms with Gasteiger partial charge in [-0.2, -0.15) is 0 Å². The van der Waals surface area contributed by atoms with Crippen LogP contribution in [0.4, 0.5) is 0 Å². The Morgan fingerprint density at radius 1 is 1.31 bits per heavy atom. The lowest BCUT2D eigenvalue weighted by Crippen LogP contribution is -2.33. The SMILES string of the molecule is CCCNCC(=O)NCc1ccc(CC)s1. The Morgan fingerprint density at radius 2 is 2.06 bits per heavy atom. The highest BCUT2D eigenvalue weighted by Gasteiger charge is 2.02. The van der Waals surface area contributed by atoms with Crippen molar-refractivity contribution in [3.63, 3.8) is 0 Å². The number of aryl methyl sites for hydroxylation is 1. The van der Waals surface area contributed by atoms with Crippen molar-refractivity contribution in [3.8, 4) is 0 Å². The molecule has 0 unspecified atom stereocenters. The molecule has 1 aromatic heterocycles. The van der Waals surface area contributed by atoms with Crippen molar-refractivity contribution in [3.05, 3.63) is 21.9 Å². The fourth-order valence-corrected chi connectivity index (χ4v) is 2.23. The van der Waals surface area contributed by atoms with Crippen LogP contribution in [0.2, 0.25) is 0 Å². The summed E-state index contributed by atoms with van der Waals surface area (Å²) >= 11 is 1.77. The molecule has 1 heterocycles. The highest BCUT2D eigenvalue weighted by Crippen LogP contribution is 2.16. The average Bonchev–Trinajstić information content (AvgIpc) is 2.74. The molecule has 0 bridgehead atoms. The number of rotatable bonds is 7. The Labute approximate surface area is 101 Å². The average molecular weight is 240 g/mol. The van der Waals surface area contributed by atoms with Crippen molar-refractivity contribution in [1.29, 1.82) is 0 Å². The van der Waals surface area contributed by atoms with E-state index in [1.165, 1.54) is 9.75 Å². The number of hydrogen-bond donors (Lipinski definition) is 2. The molecule has 2 N–H and O–H groups in total. The molecular formula is C12H20N2OS. The van der Waals surface area contributed by atoms with Gasteiger partial charge in [0.05, 0.1) is 13.1 Å². The van der Waals surface area contributed by atoms with Gasteiger partial charge in [0.15, 0.2) is 0 Å². The van der Waals surface area contributed by atoms with Crippen LogP contribution in [0, 0.1) is 0 Å². The second-order valence-electron chi connectivity index (χ2n) is 3.68. The van der Waals surface area contributed by atoms with Crippen molar-refractivity contribution >= 4 is 17.2 Å². The van der Waals surface area contributed by atoms with Gasteiger partial charge < -0.3 is 10.6 Å². The molecule has 3 nitrogen and oxygen atoms in total. The molecule has 0 aliphatic carbocycles. The van der Waals surface area contributed by atoms with Crippen LogP contribution < -0.4 is 10.6 Å². The van der Waals surface area contributed by atoms with Crippen molar-refractivity contribution in [2.75, 3.05) is 13.1 Å². The summed E-state index contributed by atoms with van der Waals surface area (Å²) < 4.78 is 0. The van der Waals surface area contributed by atoms with E-state index in [0.717, 1.165) is 19.4 Å². The molecule has 0 spiro atoms. The van der Waals surface area contributed by atoms with E-state index in [1.807, 2.05) is 0 Å². The predicted octanol–water partition coefficient (Wildman–Crippen LogP) is 1.93. The molecule has 4 heteroatoms. The monoisotopic (exact) mass is 240 g/mol. The Bertz CT molecular complexity index is 323. The van der Waals surface area contributed by atoms with Gasteiger partial charge in [-0.25, -0.2) is 0 Å². The summed E-state index contributed by atoms with van der Waals surface area (Å²) in [6.07, 6.45) is 2.12. The number of hydrogen-bond acceptors (Lipinski definition) is 3. The molecule has 0 aromatic carbocycles. The van der Waals surface area contributed by atoms with Crippen LogP contribution >= 0.6 is 11.3 Å². The maximum absolute atomic E-state index is 11.4. The van der Waals surface area contributed by atoms with Crippen LogP contribution in [0.15, 0.2) is 12.1 Å². The summed E-state index contributed by atoms with van der Waals surface area (Å²) in [5, 5.41) is 5.98. The molecule has 0 aliphatic heterocycles. The van der Waals surface area contributed by atoms with Crippen LogP contribution in [0.1, 0.15) is 30.0 Å². The third kappa shape index (κ3) is 4.77. The maximum atomic E-state index is 11.4. The largest absolute Gasteiger partial charge is 0.350 e. The van der Waals surface area contributed by atoms with Gasteiger partial charge >= 0.3 is 0 Å². The molecule has 1 amide bonds. The Morgan fingerprint density at radius 3 is 2.69 bits per heavy atom. The summed E-state index contributed by atoms with van der Waals surface area (Å²) in [5.74, 6) is 0.0694. The smallest absolute Gasteiger partial charge is 0.234 e. The highest BCUT2D eigenvalue weighted by molar-refractivity contribution is 7.11. The van der Waals surface area contributed by atoms with Gasteiger partial charge in [0.25, 0.3) is 0 Å². The van der Waals surface area contributed by atoms with Crippen LogP contribution in [0.3, 0.4) is 0 Å². The van der Waals surface area contributed by atoms with Gasteiger partial charge in [0.2, 0.25) is 5.91 Å². The fourth-order valence-electron chi connectivity index (χ4n) is 1.33. The lowest BCUT2D eigenvalue weighted by molar-refractivity contribution is -0.120. The van der Waals surface area contributed by atoms with E-state index in [1.54, 1.807) is 11.3 Å². The predicted molar refractivity (Wildman–Crippen MR) is 68.7 cm³/mol. The minimum absolute atomic E-state index is 0.0694. The quantitative estimate of drug-likeness (QED) is 0.715. The van der Waals surface area contributed by atoms with E-state index in [0.29, 0.717) is 13.1 Å². The first kappa shape index (κ1) is 13.2. The highest BCUT2D eigenvalue weighted by atomic mass is 32.1. The summed E-state index contributed by atoms with van der Waals surface area (Å²) in [5.41, 5.74) is 0. The van der Waals surface area contributed by atoms with Crippen molar-refractivity contribution in [2.45, 2.75) is 33.2 Å². The van der Waals surface area contributed by atoms with Crippen molar-refractivity contribution < 1.29 is 4.79 Å². The Kier molecular flexibility index (Phi) is 6.11. The Balaban J connectivity index is 2.20. The normalized spacial score (nSPS) is 10.4. The summed E-state index contributed by atoms with van der Waals surface area (Å²) in [6, 6.07) is 4.21. The van der Waals surface area contributed by atoms with E-state index < -0.39 is 0 Å². The molecule has 0 aliphatic rings. The third-order valence-electron chi connectivity index (χ3n) is 2.24. The van der Waals surface area contributed by atoms with Crippen LogP contribution in [-0.4, -0.2) is 19.0 Å². The first-order chi connectivity index (χ1) is 7.76. The van der Waals surface area contributed by atoms with Gasteiger partial charge in [0, 0.05) is 9.75 Å². The minimum atomic E-state index is 0.0694. The molecule has 1 rings (SSSR count). The first-order valence-electron chi connectivity index (χ1n) is 5.81. The van der Waals surface area contributed by atoms with Crippen LogP contribution in [0.5, 0.6) is 0 Å². The number of thiophene rings is 1. The second kappa shape index (κ2) is 7.41. The zero-order valence-electron chi connectivity index (χ0n) is 10.0. The molecular weight excluding hydrogens is 220 g/mol. The number of amides is 1. The molecule has 16 heavy (non-hydrogen) atoms. The minimum Gasteiger partial charge on any atom is -0.350 e. The molecule has 0 fully saturated rings. The van der Waals surface area contributed by atoms with E-state index in [2.05, 4.69) is 36.6 Å². The summed E-state index contributed by atoms with van der Waals surface area (Å²) in [6.45, 7) is 6.19. The molecule has 0 atom stereocenters. The topological polar surface area (TPSA) is 41.1 Å². The first-order valence-corrected chi connectivity index (χ1v) is 6.63. The number of carbonyl (C=O) groups excluding carboxylic acids is 1.